The van der Waals surface area contributed by atoms with Crippen molar-refractivity contribution in [3.8, 4) is 0 Å². The van der Waals surface area contributed by atoms with Crippen LogP contribution in [0.15, 0.2) is 61.1 Å². The molecule has 0 saturated heterocycles. The first-order valence-corrected chi connectivity index (χ1v) is 5.57. The smallest absolute Gasteiger partial charge is 0.0522 e. The summed E-state index contributed by atoms with van der Waals surface area (Å²) in [7, 11) is 0. The third kappa shape index (κ3) is 1.97. The topological polar surface area (TPSA) is 17.8 Å². The maximum absolute atomic E-state index is 4.00. The molecular weight excluding hydrogens is 208 g/mol. The lowest BCUT2D eigenvalue weighted by atomic mass is 10.2. The number of para-hydroxylation sites is 1. The van der Waals surface area contributed by atoms with Gasteiger partial charge in [-0.2, -0.15) is 0 Å². The molecule has 2 nitrogen and oxygen atoms in total. The molecule has 3 rings (SSSR count). The lowest BCUT2D eigenvalue weighted by Gasteiger charge is -1.97. The molecule has 0 unspecified atom stereocenters. The van der Waals surface area contributed by atoms with Gasteiger partial charge in [-0.25, -0.2) is 0 Å². The van der Waals surface area contributed by atoms with E-state index in [1.165, 1.54) is 10.9 Å². The molecule has 0 atom stereocenters. The largest absolute Gasteiger partial charge is 0.323 e. The molecule has 0 radical (unpaired) electrons. The van der Waals surface area contributed by atoms with Crippen LogP contribution in [-0.2, 0) is 0 Å². The monoisotopic (exact) mass is 220 g/mol. The van der Waals surface area contributed by atoms with Crippen molar-refractivity contribution in [1.29, 1.82) is 0 Å². The van der Waals surface area contributed by atoms with Gasteiger partial charge in [0.05, 0.1) is 5.52 Å². The van der Waals surface area contributed by atoms with Crippen LogP contribution in [0.3, 0.4) is 0 Å². The average molecular weight is 220 g/mol. The van der Waals surface area contributed by atoms with Gasteiger partial charge in [-0.3, -0.25) is 4.98 Å². The quantitative estimate of drug-likeness (QED) is 0.644. The van der Waals surface area contributed by atoms with Crippen molar-refractivity contribution in [1.82, 2.24) is 9.55 Å². The summed E-state index contributed by atoms with van der Waals surface area (Å²) in [5.74, 6) is 0. The molecule has 0 saturated carbocycles. The van der Waals surface area contributed by atoms with E-state index in [1.54, 1.807) is 12.4 Å². The Morgan fingerprint density at radius 1 is 0.941 bits per heavy atom. The number of aromatic nitrogens is 2. The maximum atomic E-state index is 4.00. The minimum atomic E-state index is 1.15. The van der Waals surface area contributed by atoms with E-state index < -0.39 is 0 Å². The fourth-order valence-electron chi connectivity index (χ4n) is 1.88. The van der Waals surface area contributed by atoms with Crippen LogP contribution < -0.4 is 0 Å². The highest BCUT2D eigenvalue weighted by Crippen LogP contribution is 2.15. The van der Waals surface area contributed by atoms with Gasteiger partial charge in [-0.15, -0.1) is 0 Å². The highest BCUT2D eigenvalue weighted by molar-refractivity contribution is 5.83. The van der Waals surface area contributed by atoms with Gasteiger partial charge in [-0.1, -0.05) is 18.2 Å². The first kappa shape index (κ1) is 9.85. The molecule has 17 heavy (non-hydrogen) atoms. The van der Waals surface area contributed by atoms with Crippen LogP contribution in [-0.4, -0.2) is 9.55 Å². The van der Waals surface area contributed by atoms with Crippen molar-refractivity contribution < 1.29 is 0 Å². The summed E-state index contributed by atoms with van der Waals surface area (Å²) in [6.07, 6.45) is 9.81. The maximum Gasteiger partial charge on any atom is 0.0522 e. The fraction of sp³-hybridized carbons (Fsp3) is 0. The second-order valence-corrected chi connectivity index (χ2v) is 3.88. The Balaban J connectivity index is 1.98. The number of hydrogen-bond donors (Lipinski definition) is 0. The molecule has 2 aromatic heterocycles. The van der Waals surface area contributed by atoms with Crippen LogP contribution in [0.25, 0.3) is 23.2 Å². The molecule has 2 heteroatoms. The normalized spacial score (nSPS) is 11.3. The predicted octanol–water partition coefficient (Wildman–Crippen LogP) is 3.66. The Hall–Kier alpha value is -2.35. The second-order valence-electron chi connectivity index (χ2n) is 3.88. The Bertz CT molecular complexity index is 651. The highest BCUT2D eigenvalue weighted by Gasteiger charge is 1.95. The third-order valence-corrected chi connectivity index (χ3v) is 2.76. The van der Waals surface area contributed by atoms with E-state index in [-0.39, 0.29) is 0 Å². The molecule has 0 spiro atoms. The Morgan fingerprint density at radius 3 is 2.65 bits per heavy atom. The zero-order chi connectivity index (χ0) is 11.5. The van der Waals surface area contributed by atoms with Gasteiger partial charge in [0, 0.05) is 24.8 Å². The Kier molecular flexibility index (Phi) is 2.47. The zero-order valence-electron chi connectivity index (χ0n) is 9.32. The minimum absolute atomic E-state index is 1.15. The first-order chi connectivity index (χ1) is 8.43. The lowest BCUT2D eigenvalue weighted by molar-refractivity contribution is 1.23. The van der Waals surface area contributed by atoms with E-state index in [9.17, 15) is 0 Å². The summed E-state index contributed by atoms with van der Waals surface area (Å²) < 4.78 is 2.12. The number of benzene rings is 1. The fourth-order valence-corrected chi connectivity index (χ4v) is 1.88. The van der Waals surface area contributed by atoms with Gasteiger partial charge < -0.3 is 4.57 Å². The zero-order valence-corrected chi connectivity index (χ0v) is 9.32. The molecular formula is C15H12N2. The molecule has 0 aliphatic rings. The summed E-state index contributed by atoms with van der Waals surface area (Å²) in [6.45, 7) is 0. The van der Waals surface area contributed by atoms with Gasteiger partial charge in [0.25, 0.3) is 0 Å². The van der Waals surface area contributed by atoms with Crippen molar-refractivity contribution >= 4 is 23.2 Å². The molecule has 0 aliphatic carbocycles. The molecule has 0 fully saturated rings. The third-order valence-electron chi connectivity index (χ3n) is 2.76. The number of pyridine rings is 1. The van der Waals surface area contributed by atoms with Crippen molar-refractivity contribution in [2.24, 2.45) is 0 Å². The minimum Gasteiger partial charge on any atom is -0.323 e. The Morgan fingerprint density at radius 2 is 1.76 bits per heavy atom. The molecule has 82 valence electrons. The summed E-state index contributed by atoms with van der Waals surface area (Å²) in [5.41, 5.74) is 2.37. The predicted molar refractivity (Wildman–Crippen MR) is 71.4 cm³/mol. The van der Waals surface area contributed by atoms with Crippen LogP contribution in [0.5, 0.6) is 0 Å². The molecule has 0 N–H and O–H groups in total. The molecule has 0 bridgehead atoms. The van der Waals surface area contributed by atoms with E-state index >= 15 is 0 Å². The van der Waals surface area contributed by atoms with Crippen LogP contribution >= 0.6 is 0 Å². The molecule has 0 aliphatic heterocycles. The van der Waals surface area contributed by atoms with Crippen LogP contribution in [0, 0.1) is 0 Å². The van der Waals surface area contributed by atoms with Crippen LogP contribution in [0.2, 0.25) is 0 Å². The highest BCUT2D eigenvalue weighted by atomic mass is 14.9. The molecule has 0 amide bonds. The van der Waals surface area contributed by atoms with Gasteiger partial charge in [-0.05, 0) is 41.3 Å². The number of nitrogens with zero attached hydrogens (tertiary/aromatic N) is 2. The molecule has 3 aromatic rings. The van der Waals surface area contributed by atoms with Gasteiger partial charge >= 0.3 is 0 Å². The number of hydrogen-bond acceptors (Lipinski definition) is 1. The van der Waals surface area contributed by atoms with Gasteiger partial charge in [0.1, 0.15) is 0 Å². The summed E-state index contributed by atoms with van der Waals surface area (Å²) in [5, 5.41) is 1.26. The van der Waals surface area contributed by atoms with E-state index in [1.807, 2.05) is 12.1 Å². The average Bonchev–Trinajstić information content (AvgIpc) is 2.81. The molecule has 1 aromatic carbocycles. The van der Waals surface area contributed by atoms with E-state index in [4.69, 9.17) is 0 Å². The van der Waals surface area contributed by atoms with Crippen molar-refractivity contribution in [2.75, 3.05) is 0 Å². The molecule has 2 heterocycles. The van der Waals surface area contributed by atoms with E-state index in [0.29, 0.717) is 0 Å². The lowest BCUT2D eigenvalue weighted by Crippen LogP contribution is -1.82. The van der Waals surface area contributed by atoms with Crippen molar-refractivity contribution in [3.05, 3.63) is 66.6 Å². The number of fused-ring (bicyclic) bond motifs is 1. The standard InChI is InChI=1S/C15H12N2/c1-2-4-15-14(3-1)8-12-17(15)11-7-13-5-9-16-10-6-13/h1-12H. The first-order valence-electron chi connectivity index (χ1n) is 5.57. The van der Waals surface area contributed by atoms with Gasteiger partial charge in [0.15, 0.2) is 0 Å². The SMILES string of the molecule is C(=Cn1ccc2ccccc21)c1ccncc1. The van der Waals surface area contributed by atoms with Crippen molar-refractivity contribution in [3.63, 3.8) is 0 Å². The Labute approximate surface area is 99.8 Å². The number of rotatable bonds is 2. The van der Waals surface area contributed by atoms with Crippen molar-refractivity contribution in [2.45, 2.75) is 0 Å². The van der Waals surface area contributed by atoms with E-state index in [0.717, 1.165) is 5.56 Å². The van der Waals surface area contributed by atoms with Crippen LogP contribution in [0.4, 0.5) is 0 Å². The second kappa shape index (κ2) is 4.26. The summed E-state index contributed by atoms with van der Waals surface area (Å²) >= 11 is 0. The summed E-state index contributed by atoms with van der Waals surface area (Å²) in [6, 6.07) is 14.4. The van der Waals surface area contributed by atoms with E-state index in [2.05, 4.69) is 58.4 Å². The van der Waals surface area contributed by atoms with Crippen LogP contribution in [0.1, 0.15) is 5.56 Å². The summed E-state index contributed by atoms with van der Waals surface area (Å²) in [4.78, 5) is 4.00. The van der Waals surface area contributed by atoms with Gasteiger partial charge in [0.2, 0.25) is 0 Å².